The molecule has 0 aliphatic carbocycles. The van der Waals surface area contributed by atoms with Gasteiger partial charge in [0, 0.05) is 33.0 Å². The summed E-state index contributed by atoms with van der Waals surface area (Å²) in [6, 6.07) is 7.43. The molecule has 5 heteroatoms. The average molecular weight is 266 g/mol. The van der Waals surface area contributed by atoms with E-state index in [1.54, 1.807) is 20.3 Å². The zero-order valence-electron chi connectivity index (χ0n) is 11.7. The van der Waals surface area contributed by atoms with Crippen LogP contribution in [0.4, 0.5) is 5.69 Å². The Balaban J connectivity index is 2.62. The minimum atomic E-state index is -0.139. The van der Waals surface area contributed by atoms with Crippen LogP contribution in [-0.2, 0) is 9.47 Å². The van der Waals surface area contributed by atoms with Crippen molar-refractivity contribution in [3.8, 4) is 0 Å². The molecule has 0 fully saturated rings. The van der Waals surface area contributed by atoms with Crippen molar-refractivity contribution in [1.82, 2.24) is 5.32 Å². The Morgan fingerprint density at radius 3 is 2.68 bits per heavy atom. The lowest BCUT2D eigenvalue weighted by Crippen LogP contribution is -2.35. The Kier molecular flexibility index (Phi) is 6.92. The number of nitrogens with one attached hydrogen (secondary N) is 2. The lowest BCUT2D eigenvalue weighted by Gasteiger charge is -2.16. The number of benzene rings is 1. The molecular formula is C14H22N2O3. The number of para-hydroxylation sites is 1. The van der Waals surface area contributed by atoms with E-state index in [2.05, 4.69) is 10.6 Å². The maximum atomic E-state index is 12.1. The van der Waals surface area contributed by atoms with E-state index in [1.807, 2.05) is 25.1 Å². The predicted molar refractivity (Wildman–Crippen MR) is 75.6 cm³/mol. The zero-order chi connectivity index (χ0) is 14.1. The first-order chi connectivity index (χ1) is 9.22. The summed E-state index contributed by atoms with van der Waals surface area (Å²) in [6.45, 7) is 3.64. The highest BCUT2D eigenvalue weighted by Gasteiger charge is 2.13. The molecule has 0 aliphatic rings. The topological polar surface area (TPSA) is 59.6 Å². The Labute approximate surface area is 114 Å². The van der Waals surface area contributed by atoms with Crippen LogP contribution in [0.1, 0.15) is 17.3 Å². The van der Waals surface area contributed by atoms with E-state index in [1.165, 1.54) is 0 Å². The fourth-order valence-electron chi connectivity index (χ4n) is 1.72. The minimum absolute atomic E-state index is 0.116. The molecule has 0 saturated heterocycles. The lowest BCUT2D eigenvalue weighted by molar-refractivity contribution is 0.0285. The fourth-order valence-corrected chi connectivity index (χ4v) is 1.72. The molecule has 0 aromatic heterocycles. The van der Waals surface area contributed by atoms with E-state index in [-0.39, 0.29) is 12.0 Å². The second kappa shape index (κ2) is 8.50. The van der Waals surface area contributed by atoms with Crippen LogP contribution in [0.25, 0.3) is 0 Å². The maximum Gasteiger partial charge on any atom is 0.253 e. The van der Waals surface area contributed by atoms with Crippen molar-refractivity contribution in [2.45, 2.75) is 13.0 Å². The molecule has 0 heterocycles. The van der Waals surface area contributed by atoms with Crippen molar-refractivity contribution >= 4 is 11.6 Å². The first kappa shape index (κ1) is 15.5. The van der Waals surface area contributed by atoms with Gasteiger partial charge in [-0.1, -0.05) is 12.1 Å². The summed E-state index contributed by atoms with van der Waals surface area (Å²) in [7, 11) is 3.21. The number of carbonyl (C=O) groups is 1. The van der Waals surface area contributed by atoms with Crippen LogP contribution in [0, 0.1) is 0 Å². The van der Waals surface area contributed by atoms with Crippen molar-refractivity contribution < 1.29 is 14.3 Å². The van der Waals surface area contributed by atoms with Gasteiger partial charge in [0.05, 0.1) is 18.3 Å². The average Bonchev–Trinajstić information content (AvgIpc) is 2.44. The quantitative estimate of drug-likeness (QED) is 0.749. The Morgan fingerprint density at radius 2 is 2.05 bits per heavy atom. The van der Waals surface area contributed by atoms with Gasteiger partial charge in [-0.25, -0.2) is 0 Å². The van der Waals surface area contributed by atoms with Gasteiger partial charge < -0.3 is 20.1 Å². The number of hydrogen-bond acceptors (Lipinski definition) is 4. The van der Waals surface area contributed by atoms with Gasteiger partial charge in [0.2, 0.25) is 0 Å². The summed E-state index contributed by atoms with van der Waals surface area (Å²) in [4.78, 5) is 12.1. The van der Waals surface area contributed by atoms with Gasteiger partial charge in [-0.3, -0.25) is 4.79 Å². The van der Waals surface area contributed by atoms with E-state index >= 15 is 0 Å². The normalized spacial score (nSPS) is 11.9. The van der Waals surface area contributed by atoms with E-state index in [0.717, 1.165) is 12.2 Å². The third-order valence-electron chi connectivity index (χ3n) is 2.72. The number of hydrogen-bond donors (Lipinski definition) is 2. The van der Waals surface area contributed by atoms with Crippen LogP contribution >= 0.6 is 0 Å². The van der Waals surface area contributed by atoms with Crippen LogP contribution in [0.15, 0.2) is 24.3 Å². The molecule has 1 atom stereocenters. The molecule has 1 unspecified atom stereocenters. The van der Waals surface area contributed by atoms with Crippen molar-refractivity contribution in [1.29, 1.82) is 0 Å². The number of amides is 1. The fraction of sp³-hybridized carbons (Fsp3) is 0.500. The van der Waals surface area contributed by atoms with Gasteiger partial charge in [0.15, 0.2) is 0 Å². The van der Waals surface area contributed by atoms with E-state index < -0.39 is 0 Å². The molecule has 5 nitrogen and oxygen atoms in total. The first-order valence-electron chi connectivity index (χ1n) is 6.35. The molecule has 0 spiro atoms. The number of rotatable bonds is 8. The third-order valence-corrected chi connectivity index (χ3v) is 2.72. The van der Waals surface area contributed by atoms with Crippen LogP contribution in [0.5, 0.6) is 0 Å². The molecule has 1 aromatic rings. The number of ether oxygens (including phenoxy) is 2. The summed E-state index contributed by atoms with van der Waals surface area (Å²) < 4.78 is 10.2. The summed E-state index contributed by atoms with van der Waals surface area (Å²) >= 11 is 0. The summed E-state index contributed by atoms with van der Waals surface area (Å²) in [5.74, 6) is -0.116. The van der Waals surface area contributed by atoms with E-state index in [0.29, 0.717) is 18.7 Å². The Morgan fingerprint density at radius 1 is 1.32 bits per heavy atom. The SMILES string of the molecule is CCNc1ccccc1C(=O)NCC(COC)OC. The number of methoxy groups -OCH3 is 2. The molecule has 2 N–H and O–H groups in total. The van der Waals surface area contributed by atoms with Crippen LogP contribution in [0.2, 0.25) is 0 Å². The summed E-state index contributed by atoms with van der Waals surface area (Å²) in [6.07, 6.45) is -0.139. The molecule has 0 radical (unpaired) electrons. The molecule has 1 rings (SSSR count). The van der Waals surface area contributed by atoms with Crippen molar-refractivity contribution in [2.24, 2.45) is 0 Å². The monoisotopic (exact) mass is 266 g/mol. The molecule has 106 valence electrons. The van der Waals surface area contributed by atoms with E-state index in [4.69, 9.17) is 9.47 Å². The van der Waals surface area contributed by atoms with Crippen molar-refractivity contribution in [2.75, 3.05) is 39.2 Å². The van der Waals surface area contributed by atoms with Gasteiger partial charge >= 0.3 is 0 Å². The maximum absolute atomic E-state index is 12.1. The Bertz CT molecular complexity index is 396. The highest BCUT2D eigenvalue weighted by Crippen LogP contribution is 2.14. The second-order valence-electron chi connectivity index (χ2n) is 4.10. The Hall–Kier alpha value is -1.59. The molecule has 1 amide bonds. The second-order valence-corrected chi connectivity index (χ2v) is 4.10. The predicted octanol–water partition coefficient (Wildman–Crippen LogP) is 1.51. The lowest BCUT2D eigenvalue weighted by atomic mass is 10.1. The van der Waals surface area contributed by atoms with Crippen molar-refractivity contribution in [3.63, 3.8) is 0 Å². The van der Waals surface area contributed by atoms with Crippen LogP contribution in [-0.4, -0.2) is 45.9 Å². The van der Waals surface area contributed by atoms with Gasteiger partial charge in [0.25, 0.3) is 5.91 Å². The van der Waals surface area contributed by atoms with Gasteiger partial charge in [0.1, 0.15) is 0 Å². The van der Waals surface area contributed by atoms with Gasteiger partial charge in [-0.2, -0.15) is 0 Å². The van der Waals surface area contributed by atoms with E-state index in [9.17, 15) is 4.79 Å². The molecule has 1 aromatic carbocycles. The highest BCUT2D eigenvalue weighted by atomic mass is 16.5. The van der Waals surface area contributed by atoms with Crippen LogP contribution < -0.4 is 10.6 Å². The van der Waals surface area contributed by atoms with Gasteiger partial charge in [-0.05, 0) is 19.1 Å². The standard InChI is InChI=1S/C14H22N2O3/c1-4-15-13-8-6-5-7-12(13)14(17)16-9-11(19-3)10-18-2/h5-8,11,15H,4,9-10H2,1-3H3,(H,16,17). The third kappa shape index (κ3) is 4.89. The summed E-state index contributed by atoms with van der Waals surface area (Å²) in [5, 5.41) is 6.02. The summed E-state index contributed by atoms with van der Waals surface area (Å²) in [5.41, 5.74) is 1.47. The zero-order valence-corrected chi connectivity index (χ0v) is 11.7. The minimum Gasteiger partial charge on any atom is -0.385 e. The number of anilines is 1. The largest absolute Gasteiger partial charge is 0.385 e. The molecule has 19 heavy (non-hydrogen) atoms. The van der Waals surface area contributed by atoms with Crippen molar-refractivity contribution in [3.05, 3.63) is 29.8 Å². The molecular weight excluding hydrogens is 244 g/mol. The molecule has 0 aliphatic heterocycles. The van der Waals surface area contributed by atoms with Crippen LogP contribution in [0.3, 0.4) is 0 Å². The highest BCUT2D eigenvalue weighted by molar-refractivity contribution is 5.99. The molecule has 0 saturated carbocycles. The molecule has 0 bridgehead atoms. The smallest absolute Gasteiger partial charge is 0.253 e. The van der Waals surface area contributed by atoms with Gasteiger partial charge in [-0.15, -0.1) is 0 Å². The first-order valence-corrected chi connectivity index (χ1v) is 6.35. The number of carbonyl (C=O) groups excluding carboxylic acids is 1.